The van der Waals surface area contributed by atoms with Crippen LogP contribution in [0.4, 0.5) is 0 Å². The van der Waals surface area contributed by atoms with E-state index < -0.39 is 0 Å². The van der Waals surface area contributed by atoms with Crippen LogP contribution in [0.3, 0.4) is 0 Å². The summed E-state index contributed by atoms with van der Waals surface area (Å²) in [6, 6.07) is 22.0. The predicted molar refractivity (Wildman–Crippen MR) is 118 cm³/mol. The molecular weight excluding hydrogens is 338 g/mol. The topological polar surface area (TPSA) is 3.88 Å². The Kier molecular flexibility index (Phi) is 6.76. The number of benzene rings is 2. The lowest BCUT2D eigenvalue weighted by Crippen LogP contribution is -2.35. The SMILES string of the molecule is c1ccc(Cc2cc3ccccc3[n+](CCCCCC3CCCCC3)c2)cc1. The van der Waals surface area contributed by atoms with E-state index in [-0.39, 0.29) is 0 Å². The van der Waals surface area contributed by atoms with Crippen molar-refractivity contribution in [2.24, 2.45) is 5.92 Å². The van der Waals surface area contributed by atoms with E-state index in [1.165, 1.54) is 79.8 Å². The van der Waals surface area contributed by atoms with Crippen molar-refractivity contribution in [3.63, 3.8) is 0 Å². The Labute approximate surface area is 170 Å². The Morgan fingerprint density at radius 2 is 1.54 bits per heavy atom. The molecule has 0 aliphatic heterocycles. The standard InChI is InChI=1S/C27H34N/c1-4-12-23(13-5-1)14-8-3-11-19-28-22-25(20-24-15-6-2-7-16-24)21-26-17-9-10-18-27(26)28/h2,6-7,9-10,15-18,21-23H,1,3-5,8,11-14,19-20H2/q+1. The highest BCUT2D eigenvalue weighted by Gasteiger charge is 2.14. The summed E-state index contributed by atoms with van der Waals surface area (Å²) in [5.74, 6) is 1.02. The first-order valence-electron chi connectivity index (χ1n) is 11.3. The maximum atomic E-state index is 2.49. The molecule has 0 unspecified atom stereocenters. The van der Waals surface area contributed by atoms with Crippen LogP contribution in [-0.4, -0.2) is 0 Å². The lowest BCUT2D eigenvalue weighted by Gasteiger charge is -2.21. The molecule has 0 spiro atoms. The molecule has 1 fully saturated rings. The summed E-state index contributed by atoms with van der Waals surface area (Å²) in [7, 11) is 0. The van der Waals surface area contributed by atoms with Crippen LogP contribution in [0, 0.1) is 5.92 Å². The van der Waals surface area contributed by atoms with Crippen LogP contribution in [0.15, 0.2) is 66.9 Å². The summed E-state index contributed by atoms with van der Waals surface area (Å²) in [5, 5.41) is 1.36. The van der Waals surface area contributed by atoms with E-state index in [0.29, 0.717) is 0 Å². The summed E-state index contributed by atoms with van der Waals surface area (Å²) in [6.07, 6.45) is 16.3. The van der Waals surface area contributed by atoms with Gasteiger partial charge in [-0.25, -0.2) is 0 Å². The number of fused-ring (bicyclic) bond motifs is 1. The van der Waals surface area contributed by atoms with Gasteiger partial charge in [0, 0.05) is 29.9 Å². The van der Waals surface area contributed by atoms with Gasteiger partial charge in [-0.3, -0.25) is 0 Å². The quantitative estimate of drug-likeness (QED) is 0.300. The summed E-state index contributed by atoms with van der Waals surface area (Å²) >= 11 is 0. The number of hydrogen-bond acceptors (Lipinski definition) is 0. The van der Waals surface area contributed by atoms with Crippen molar-refractivity contribution in [2.75, 3.05) is 0 Å². The highest BCUT2D eigenvalue weighted by atomic mass is 14.9. The third-order valence-corrected chi connectivity index (χ3v) is 6.40. The number of pyridine rings is 1. The van der Waals surface area contributed by atoms with Crippen LogP contribution in [0.2, 0.25) is 0 Å². The normalized spacial score (nSPS) is 15.1. The molecule has 0 saturated heterocycles. The second-order valence-corrected chi connectivity index (χ2v) is 8.62. The van der Waals surface area contributed by atoms with E-state index in [4.69, 9.17) is 0 Å². The number of hydrogen-bond donors (Lipinski definition) is 0. The van der Waals surface area contributed by atoms with Crippen LogP contribution in [0.1, 0.15) is 68.9 Å². The molecule has 1 heteroatoms. The maximum absolute atomic E-state index is 2.49. The van der Waals surface area contributed by atoms with Gasteiger partial charge in [0.1, 0.15) is 6.54 Å². The Bertz CT molecular complexity index is 862. The third kappa shape index (κ3) is 5.22. The van der Waals surface area contributed by atoms with Crippen molar-refractivity contribution in [1.29, 1.82) is 0 Å². The molecule has 2 aromatic carbocycles. The van der Waals surface area contributed by atoms with Gasteiger partial charge in [0.05, 0.1) is 0 Å². The molecule has 1 aliphatic rings. The van der Waals surface area contributed by atoms with Crippen molar-refractivity contribution < 1.29 is 4.57 Å². The number of aryl methyl sites for hydroxylation is 1. The molecule has 4 rings (SSSR count). The molecule has 1 aliphatic carbocycles. The van der Waals surface area contributed by atoms with Crippen molar-refractivity contribution in [3.8, 4) is 0 Å². The highest BCUT2D eigenvalue weighted by molar-refractivity contribution is 5.75. The lowest BCUT2D eigenvalue weighted by atomic mass is 9.85. The highest BCUT2D eigenvalue weighted by Crippen LogP contribution is 2.27. The minimum atomic E-state index is 1.01. The molecule has 1 saturated carbocycles. The Hall–Kier alpha value is -2.15. The maximum Gasteiger partial charge on any atom is 0.212 e. The molecule has 0 atom stereocenters. The number of unbranched alkanes of at least 4 members (excludes halogenated alkanes) is 2. The number of nitrogens with zero attached hydrogens (tertiary/aromatic N) is 1. The number of para-hydroxylation sites is 1. The average molecular weight is 373 g/mol. The molecule has 146 valence electrons. The molecule has 0 N–H and O–H groups in total. The molecule has 1 nitrogen and oxygen atoms in total. The van der Waals surface area contributed by atoms with E-state index >= 15 is 0 Å². The Balaban J connectivity index is 1.39. The van der Waals surface area contributed by atoms with Crippen molar-refractivity contribution in [1.82, 2.24) is 0 Å². The number of aromatic nitrogens is 1. The molecule has 28 heavy (non-hydrogen) atoms. The fourth-order valence-corrected chi connectivity index (χ4v) is 4.86. The summed E-state index contributed by atoms with van der Waals surface area (Å²) in [4.78, 5) is 0. The van der Waals surface area contributed by atoms with Crippen LogP contribution in [0.5, 0.6) is 0 Å². The largest absolute Gasteiger partial charge is 0.212 e. The molecule has 1 heterocycles. The first kappa shape index (κ1) is 19.2. The molecule has 0 amide bonds. The lowest BCUT2D eigenvalue weighted by molar-refractivity contribution is -0.672. The van der Waals surface area contributed by atoms with Gasteiger partial charge in [-0.15, -0.1) is 0 Å². The second kappa shape index (κ2) is 9.87. The summed E-state index contributed by atoms with van der Waals surface area (Å²) < 4.78 is 2.49. The second-order valence-electron chi connectivity index (χ2n) is 8.62. The van der Waals surface area contributed by atoms with Gasteiger partial charge in [0.15, 0.2) is 6.20 Å². The first-order chi connectivity index (χ1) is 13.9. The molecular formula is C27H34N+. The Morgan fingerprint density at radius 3 is 2.39 bits per heavy atom. The summed E-state index contributed by atoms with van der Waals surface area (Å²) in [5.41, 5.74) is 4.16. The van der Waals surface area contributed by atoms with Crippen LogP contribution in [-0.2, 0) is 13.0 Å². The monoisotopic (exact) mass is 372 g/mol. The van der Waals surface area contributed by atoms with Gasteiger partial charge in [-0.2, -0.15) is 4.57 Å². The van der Waals surface area contributed by atoms with Gasteiger partial charge in [-0.05, 0) is 30.0 Å². The zero-order chi connectivity index (χ0) is 19.0. The average Bonchev–Trinajstić information content (AvgIpc) is 2.75. The first-order valence-corrected chi connectivity index (χ1v) is 11.3. The van der Waals surface area contributed by atoms with Gasteiger partial charge >= 0.3 is 0 Å². The minimum absolute atomic E-state index is 1.01. The molecule has 3 aromatic rings. The van der Waals surface area contributed by atoms with Crippen molar-refractivity contribution in [2.45, 2.75) is 70.8 Å². The van der Waals surface area contributed by atoms with E-state index in [1.807, 2.05) is 0 Å². The van der Waals surface area contributed by atoms with Crippen molar-refractivity contribution in [3.05, 3.63) is 78.0 Å². The van der Waals surface area contributed by atoms with E-state index in [0.717, 1.165) is 18.9 Å². The van der Waals surface area contributed by atoms with E-state index in [2.05, 4.69) is 71.4 Å². The molecule has 0 radical (unpaired) electrons. The van der Waals surface area contributed by atoms with Gasteiger partial charge in [-0.1, -0.05) is 87.4 Å². The third-order valence-electron chi connectivity index (χ3n) is 6.40. The van der Waals surface area contributed by atoms with Gasteiger partial charge in [0.2, 0.25) is 5.52 Å². The fourth-order valence-electron chi connectivity index (χ4n) is 4.86. The fraction of sp³-hybridized carbons (Fsp3) is 0.444. The van der Waals surface area contributed by atoms with Crippen LogP contribution in [0.25, 0.3) is 10.9 Å². The van der Waals surface area contributed by atoms with E-state index in [9.17, 15) is 0 Å². The zero-order valence-corrected chi connectivity index (χ0v) is 17.2. The van der Waals surface area contributed by atoms with Crippen molar-refractivity contribution >= 4 is 10.9 Å². The van der Waals surface area contributed by atoms with Gasteiger partial charge in [0.25, 0.3) is 0 Å². The van der Waals surface area contributed by atoms with Crippen LogP contribution < -0.4 is 4.57 Å². The predicted octanol–water partition coefficient (Wildman–Crippen LogP) is 6.86. The molecule has 1 aromatic heterocycles. The summed E-state index contributed by atoms with van der Waals surface area (Å²) in [6.45, 7) is 1.13. The van der Waals surface area contributed by atoms with Crippen LogP contribution >= 0.6 is 0 Å². The zero-order valence-electron chi connectivity index (χ0n) is 17.2. The molecule has 0 bridgehead atoms. The van der Waals surface area contributed by atoms with E-state index in [1.54, 1.807) is 0 Å². The Morgan fingerprint density at radius 1 is 0.750 bits per heavy atom. The van der Waals surface area contributed by atoms with Gasteiger partial charge < -0.3 is 0 Å². The minimum Gasteiger partial charge on any atom is -0.198 e. The number of rotatable bonds is 8. The smallest absolute Gasteiger partial charge is 0.198 e.